The second-order valence-electron chi connectivity index (χ2n) is 14.1. The fraction of sp³-hybridized carbons (Fsp3) is 0.174. The molecule has 0 fully saturated rings. The number of fused-ring (bicyclic) bond motifs is 3. The van der Waals surface area contributed by atoms with Gasteiger partial charge in [-0.05, 0) is 66.0 Å². The van der Waals surface area contributed by atoms with E-state index >= 15 is 0 Å². The third-order valence-electron chi connectivity index (χ3n) is 10.2. The Balaban J connectivity index is 1.35. The Labute approximate surface area is 273 Å². The minimum Gasteiger partial charge on any atom is -0.0767 e. The number of rotatable bonds is 4. The van der Waals surface area contributed by atoms with Crippen molar-refractivity contribution >= 4 is 11.1 Å². The van der Waals surface area contributed by atoms with E-state index in [1.54, 1.807) is 0 Å². The molecule has 0 spiro atoms. The maximum atomic E-state index is 2.59. The van der Waals surface area contributed by atoms with Gasteiger partial charge in [-0.1, -0.05) is 185 Å². The first-order chi connectivity index (χ1) is 22.5. The van der Waals surface area contributed by atoms with Gasteiger partial charge in [0, 0.05) is 23.7 Å². The van der Waals surface area contributed by atoms with Gasteiger partial charge in [-0.3, -0.25) is 0 Å². The molecule has 4 aromatic rings. The van der Waals surface area contributed by atoms with Gasteiger partial charge in [0.1, 0.15) is 0 Å². The molecule has 0 aromatic heterocycles. The van der Waals surface area contributed by atoms with Crippen molar-refractivity contribution in [1.82, 2.24) is 0 Å². The molecule has 0 heterocycles. The Hall–Kier alpha value is -4.94. The lowest BCUT2D eigenvalue weighted by atomic mass is 9.65. The fourth-order valence-electron chi connectivity index (χ4n) is 7.80. The molecule has 0 heteroatoms. The van der Waals surface area contributed by atoms with E-state index < -0.39 is 0 Å². The highest BCUT2D eigenvalue weighted by molar-refractivity contribution is 5.88. The average molecular weight is 593 g/mol. The SMILES string of the molecule is CC(C)(C)C1=CC2C(C3=CC4C=CC=CC4C=C3)=c3ccccc3=C(c3ccccc3-c3ccc(-c4ccccc4)cc3)C2C=C1. The maximum Gasteiger partial charge on any atom is 0.0140 e. The Morgan fingerprint density at radius 2 is 1.07 bits per heavy atom. The summed E-state index contributed by atoms with van der Waals surface area (Å²) < 4.78 is 0. The van der Waals surface area contributed by atoms with Crippen LogP contribution in [0.15, 0.2) is 175 Å². The van der Waals surface area contributed by atoms with Crippen molar-refractivity contribution in [1.29, 1.82) is 0 Å². The third-order valence-corrected chi connectivity index (χ3v) is 10.2. The Kier molecular flexibility index (Phi) is 7.10. The molecule has 0 nitrogen and oxygen atoms in total. The van der Waals surface area contributed by atoms with Crippen molar-refractivity contribution in [3.05, 3.63) is 191 Å². The van der Waals surface area contributed by atoms with E-state index in [0.29, 0.717) is 11.8 Å². The first-order valence-electron chi connectivity index (χ1n) is 16.7. The van der Waals surface area contributed by atoms with Crippen LogP contribution < -0.4 is 10.4 Å². The lowest BCUT2D eigenvalue weighted by Gasteiger charge is -2.38. The standard InChI is InChI=1S/C46H40/c1-46(2,3)37-27-28-42-43(30-37)44(36-26-23-32-15-7-8-16-35(32)29-36)40-19-11-12-20-41(40)45(42)39-18-10-9-17-38(39)34-24-21-33(22-25-34)31-13-5-4-6-14-31/h4-30,32,35,42-43H,1-3H3. The van der Waals surface area contributed by atoms with Crippen molar-refractivity contribution in [2.75, 3.05) is 0 Å². The summed E-state index contributed by atoms with van der Waals surface area (Å²) >= 11 is 0. The zero-order chi connectivity index (χ0) is 31.3. The molecule has 4 aliphatic carbocycles. The van der Waals surface area contributed by atoms with Crippen molar-refractivity contribution in [2.24, 2.45) is 29.1 Å². The van der Waals surface area contributed by atoms with Crippen LogP contribution in [-0.2, 0) is 0 Å². The normalized spacial score (nSPS) is 22.9. The molecule has 224 valence electrons. The first-order valence-corrected chi connectivity index (χ1v) is 16.7. The molecule has 4 unspecified atom stereocenters. The van der Waals surface area contributed by atoms with Gasteiger partial charge in [-0.25, -0.2) is 0 Å². The minimum absolute atomic E-state index is 0.0703. The van der Waals surface area contributed by atoms with Crippen molar-refractivity contribution < 1.29 is 0 Å². The summed E-state index contributed by atoms with van der Waals surface area (Å²) in [7, 11) is 0. The smallest absolute Gasteiger partial charge is 0.0140 e. The molecule has 46 heavy (non-hydrogen) atoms. The third kappa shape index (κ3) is 5.03. The molecular formula is C46H40. The highest BCUT2D eigenvalue weighted by Crippen LogP contribution is 2.47. The highest BCUT2D eigenvalue weighted by Gasteiger charge is 2.36. The van der Waals surface area contributed by atoms with Crippen LogP contribution >= 0.6 is 0 Å². The van der Waals surface area contributed by atoms with Gasteiger partial charge in [0.2, 0.25) is 0 Å². The zero-order valence-corrected chi connectivity index (χ0v) is 26.9. The maximum absolute atomic E-state index is 2.59. The van der Waals surface area contributed by atoms with Gasteiger partial charge in [-0.15, -0.1) is 0 Å². The predicted molar refractivity (Wildman–Crippen MR) is 195 cm³/mol. The largest absolute Gasteiger partial charge is 0.0767 e. The van der Waals surface area contributed by atoms with Gasteiger partial charge in [-0.2, -0.15) is 0 Å². The van der Waals surface area contributed by atoms with Gasteiger partial charge in [0.25, 0.3) is 0 Å². The van der Waals surface area contributed by atoms with Crippen LogP contribution in [0.3, 0.4) is 0 Å². The monoisotopic (exact) mass is 592 g/mol. The van der Waals surface area contributed by atoms with Gasteiger partial charge >= 0.3 is 0 Å². The van der Waals surface area contributed by atoms with E-state index in [2.05, 4.69) is 185 Å². The Morgan fingerprint density at radius 3 is 1.80 bits per heavy atom. The van der Waals surface area contributed by atoms with Crippen molar-refractivity contribution in [3.63, 3.8) is 0 Å². The fourth-order valence-corrected chi connectivity index (χ4v) is 7.80. The lowest BCUT2D eigenvalue weighted by Crippen LogP contribution is -2.41. The number of hydrogen-bond donors (Lipinski definition) is 0. The summed E-state index contributed by atoms with van der Waals surface area (Å²) in [5, 5.41) is 2.71. The van der Waals surface area contributed by atoms with E-state index in [1.165, 1.54) is 60.5 Å². The summed E-state index contributed by atoms with van der Waals surface area (Å²) in [4.78, 5) is 0. The molecule has 0 aliphatic heterocycles. The summed E-state index contributed by atoms with van der Waals surface area (Å²) in [5.74, 6) is 1.32. The quantitative estimate of drug-likeness (QED) is 0.221. The van der Waals surface area contributed by atoms with Gasteiger partial charge < -0.3 is 0 Å². The molecule has 4 aliphatic rings. The van der Waals surface area contributed by atoms with Crippen LogP contribution in [0.5, 0.6) is 0 Å². The summed E-state index contributed by atoms with van der Waals surface area (Å²) in [6, 6.07) is 37.9. The van der Waals surface area contributed by atoms with E-state index in [4.69, 9.17) is 0 Å². The van der Waals surface area contributed by atoms with Crippen LogP contribution in [0.1, 0.15) is 26.3 Å². The number of allylic oxidation sites excluding steroid dienone is 12. The lowest BCUT2D eigenvalue weighted by molar-refractivity contribution is 0.502. The van der Waals surface area contributed by atoms with Gasteiger partial charge in [0.15, 0.2) is 0 Å². The molecule has 0 N–H and O–H groups in total. The molecule has 0 radical (unpaired) electrons. The van der Waals surface area contributed by atoms with E-state index in [0.717, 1.165) is 0 Å². The average Bonchev–Trinajstić information content (AvgIpc) is 3.10. The summed E-state index contributed by atoms with van der Waals surface area (Å²) in [6.45, 7) is 7.01. The Morgan fingerprint density at radius 1 is 0.457 bits per heavy atom. The van der Waals surface area contributed by atoms with E-state index in [1.807, 2.05) is 0 Å². The molecule has 4 aromatic carbocycles. The topological polar surface area (TPSA) is 0 Å². The Bertz CT molecular complexity index is 2120. The van der Waals surface area contributed by atoms with Gasteiger partial charge in [0.05, 0.1) is 0 Å². The number of hydrogen-bond acceptors (Lipinski definition) is 0. The van der Waals surface area contributed by atoms with Crippen LogP contribution in [0.25, 0.3) is 33.4 Å². The molecule has 0 bridgehead atoms. The second kappa shape index (κ2) is 11.5. The molecular weight excluding hydrogens is 553 g/mol. The van der Waals surface area contributed by atoms with Crippen LogP contribution in [0.2, 0.25) is 0 Å². The molecule has 8 rings (SSSR count). The van der Waals surface area contributed by atoms with Crippen LogP contribution in [0, 0.1) is 29.1 Å². The second-order valence-corrected chi connectivity index (χ2v) is 14.1. The van der Waals surface area contributed by atoms with Crippen LogP contribution in [-0.4, -0.2) is 0 Å². The minimum atomic E-state index is 0.0703. The highest BCUT2D eigenvalue weighted by atomic mass is 14.4. The molecule has 4 atom stereocenters. The van der Waals surface area contributed by atoms with E-state index in [-0.39, 0.29) is 17.3 Å². The van der Waals surface area contributed by atoms with E-state index in [9.17, 15) is 0 Å². The zero-order valence-electron chi connectivity index (χ0n) is 26.9. The molecule has 0 amide bonds. The van der Waals surface area contributed by atoms with Crippen molar-refractivity contribution in [2.45, 2.75) is 20.8 Å². The first kappa shape index (κ1) is 28.5. The van der Waals surface area contributed by atoms with Crippen LogP contribution in [0.4, 0.5) is 0 Å². The molecule has 0 saturated carbocycles. The summed E-state index contributed by atoms with van der Waals surface area (Å²) in [6.07, 6.45) is 23.9. The number of benzene rings is 4. The summed E-state index contributed by atoms with van der Waals surface area (Å²) in [5.41, 5.74) is 12.1. The predicted octanol–water partition coefficient (Wildman–Crippen LogP) is 10.0. The molecule has 0 saturated heterocycles. The van der Waals surface area contributed by atoms with Crippen molar-refractivity contribution in [3.8, 4) is 22.3 Å².